The Bertz CT molecular complexity index is 1040. The van der Waals surface area contributed by atoms with Crippen LogP contribution in [0.5, 0.6) is 17.2 Å². The van der Waals surface area contributed by atoms with Crippen LogP contribution in [-0.2, 0) is 4.79 Å². The van der Waals surface area contributed by atoms with E-state index in [2.05, 4.69) is 17.2 Å². The van der Waals surface area contributed by atoms with Crippen LogP contribution < -0.4 is 19.5 Å². The van der Waals surface area contributed by atoms with Crippen molar-refractivity contribution in [2.75, 3.05) is 25.1 Å². The average Bonchev–Trinajstić information content (AvgIpc) is 3.25. The van der Waals surface area contributed by atoms with Gasteiger partial charge >= 0.3 is 0 Å². The number of carbonyl (C=O) groups is 1. The Hall–Kier alpha value is -3.32. The third kappa shape index (κ3) is 4.99. The van der Waals surface area contributed by atoms with E-state index in [9.17, 15) is 4.79 Å². The number of fused-ring (bicyclic) bond motifs is 1. The summed E-state index contributed by atoms with van der Waals surface area (Å²) in [6.45, 7) is 3.86. The van der Waals surface area contributed by atoms with E-state index in [4.69, 9.17) is 14.2 Å². The van der Waals surface area contributed by atoms with Crippen LogP contribution in [0, 0.1) is 0 Å². The van der Waals surface area contributed by atoms with E-state index >= 15 is 0 Å². The molecule has 0 spiro atoms. The summed E-state index contributed by atoms with van der Waals surface area (Å²) in [4.78, 5) is 16.7. The Morgan fingerprint density at radius 3 is 2.77 bits per heavy atom. The van der Waals surface area contributed by atoms with E-state index in [1.54, 1.807) is 6.08 Å². The molecule has 4 rings (SSSR count). The first kappa shape index (κ1) is 20.0. The molecule has 1 aromatic heterocycles. The van der Waals surface area contributed by atoms with Gasteiger partial charge in [0.15, 0.2) is 16.6 Å². The van der Waals surface area contributed by atoms with Crippen molar-refractivity contribution in [3.8, 4) is 28.5 Å². The minimum Gasteiger partial charge on any atom is -0.494 e. The van der Waals surface area contributed by atoms with Crippen LogP contribution in [-0.4, -0.2) is 30.7 Å². The minimum atomic E-state index is -0.232. The molecule has 0 radical (unpaired) electrons. The van der Waals surface area contributed by atoms with Gasteiger partial charge in [-0.3, -0.25) is 10.1 Å². The highest BCUT2D eigenvalue weighted by Crippen LogP contribution is 2.35. The van der Waals surface area contributed by atoms with Gasteiger partial charge in [-0.1, -0.05) is 19.1 Å². The highest BCUT2D eigenvalue weighted by Gasteiger charge is 2.14. The summed E-state index contributed by atoms with van der Waals surface area (Å²) in [5.74, 6) is 2.05. The largest absolute Gasteiger partial charge is 0.494 e. The lowest BCUT2D eigenvalue weighted by Gasteiger charge is -2.18. The fourth-order valence-corrected chi connectivity index (χ4v) is 3.60. The number of anilines is 1. The summed E-state index contributed by atoms with van der Waals surface area (Å²) in [6.07, 6.45) is 4.22. The Labute approximate surface area is 179 Å². The van der Waals surface area contributed by atoms with Crippen LogP contribution >= 0.6 is 11.3 Å². The fourth-order valence-electron chi connectivity index (χ4n) is 2.88. The molecule has 0 saturated carbocycles. The van der Waals surface area contributed by atoms with Crippen LogP contribution in [0.2, 0.25) is 0 Å². The van der Waals surface area contributed by atoms with Gasteiger partial charge in [-0.2, -0.15) is 0 Å². The van der Waals surface area contributed by atoms with Crippen molar-refractivity contribution in [3.63, 3.8) is 0 Å². The highest BCUT2D eigenvalue weighted by atomic mass is 32.1. The number of rotatable bonds is 7. The van der Waals surface area contributed by atoms with Crippen LogP contribution in [0.25, 0.3) is 17.3 Å². The lowest BCUT2D eigenvalue weighted by molar-refractivity contribution is -0.111. The van der Waals surface area contributed by atoms with Crippen molar-refractivity contribution in [1.29, 1.82) is 0 Å². The standard InChI is InChI=1S/C23H22N2O4S/c1-2-11-27-18-7-3-16(4-8-18)5-10-22(26)25-23-24-19(15-30-23)17-6-9-20-21(14-17)29-13-12-28-20/h3-10,14-15H,2,11-13H2,1H3,(H,24,25,26)/b10-5+. The van der Waals surface area contributed by atoms with E-state index in [1.165, 1.54) is 17.4 Å². The van der Waals surface area contributed by atoms with Crippen LogP contribution in [0.1, 0.15) is 18.9 Å². The fraction of sp³-hybridized carbons (Fsp3) is 0.217. The third-order valence-corrected chi connectivity index (χ3v) is 5.11. The maximum absolute atomic E-state index is 12.2. The molecule has 30 heavy (non-hydrogen) atoms. The number of thiazole rings is 1. The molecule has 0 unspecified atom stereocenters. The smallest absolute Gasteiger partial charge is 0.250 e. The Morgan fingerprint density at radius 2 is 1.97 bits per heavy atom. The summed E-state index contributed by atoms with van der Waals surface area (Å²) < 4.78 is 16.7. The predicted molar refractivity (Wildman–Crippen MR) is 118 cm³/mol. The Balaban J connectivity index is 1.36. The number of aromatic nitrogens is 1. The van der Waals surface area contributed by atoms with Gasteiger partial charge in [-0.25, -0.2) is 4.98 Å². The van der Waals surface area contributed by atoms with Crippen LogP contribution in [0.4, 0.5) is 5.13 Å². The van der Waals surface area contributed by atoms with Gasteiger partial charge in [-0.05, 0) is 48.4 Å². The van der Waals surface area contributed by atoms with Gasteiger partial charge in [-0.15, -0.1) is 11.3 Å². The zero-order valence-electron chi connectivity index (χ0n) is 16.6. The number of amides is 1. The molecule has 0 saturated heterocycles. The predicted octanol–water partition coefficient (Wildman–Crippen LogP) is 5.02. The minimum absolute atomic E-state index is 0.232. The van der Waals surface area contributed by atoms with Gasteiger partial charge in [0, 0.05) is 17.0 Å². The molecule has 1 aliphatic rings. The number of benzene rings is 2. The zero-order chi connectivity index (χ0) is 20.8. The number of carbonyl (C=O) groups excluding carboxylic acids is 1. The van der Waals surface area contributed by atoms with Crippen molar-refractivity contribution in [2.24, 2.45) is 0 Å². The number of nitrogens with one attached hydrogen (secondary N) is 1. The molecule has 0 fully saturated rings. The van der Waals surface area contributed by atoms with Crippen LogP contribution in [0.3, 0.4) is 0 Å². The molecule has 0 aliphatic carbocycles. The Morgan fingerprint density at radius 1 is 1.17 bits per heavy atom. The first-order valence-corrected chi connectivity index (χ1v) is 10.7. The Kier molecular flexibility index (Phi) is 6.29. The van der Waals surface area contributed by atoms with Crippen molar-refractivity contribution in [1.82, 2.24) is 4.98 Å². The maximum atomic E-state index is 12.2. The second-order valence-corrected chi connectivity index (χ2v) is 7.49. The van der Waals surface area contributed by atoms with Crippen molar-refractivity contribution < 1.29 is 19.0 Å². The quantitative estimate of drug-likeness (QED) is 0.541. The molecule has 0 atom stereocenters. The summed E-state index contributed by atoms with van der Waals surface area (Å²) in [5, 5.41) is 5.25. The second-order valence-electron chi connectivity index (χ2n) is 6.64. The van der Waals surface area contributed by atoms with Crippen molar-refractivity contribution >= 4 is 28.5 Å². The number of nitrogens with zero attached hydrogens (tertiary/aromatic N) is 1. The van der Waals surface area contributed by atoms with E-state index in [0.717, 1.165) is 34.7 Å². The van der Waals surface area contributed by atoms with E-state index in [-0.39, 0.29) is 5.91 Å². The average molecular weight is 423 g/mol. The molecule has 7 heteroatoms. The summed E-state index contributed by atoms with van der Waals surface area (Å²) in [5.41, 5.74) is 2.61. The molecule has 2 heterocycles. The number of ether oxygens (including phenoxy) is 3. The van der Waals surface area contributed by atoms with Crippen molar-refractivity contribution in [2.45, 2.75) is 13.3 Å². The number of hydrogen-bond acceptors (Lipinski definition) is 6. The van der Waals surface area contributed by atoms with Gasteiger partial charge < -0.3 is 14.2 Å². The van der Waals surface area contributed by atoms with Crippen LogP contribution in [0.15, 0.2) is 53.9 Å². The highest BCUT2D eigenvalue weighted by molar-refractivity contribution is 7.14. The first-order valence-electron chi connectivity index (χ1n) is 9.79. The summed E-state index contributed by atoms with van der Waals surface area (Å²) in [7, 11) is 0. The molecule has 6 nitrogen and oxygen atoms in total. The topological polar surface area (TPSA) is 69.7 Å². The summed E-state index contributed by atoms with van der Waals surface area (Å²) in [6, 6.07) is 13.3. The van der Waals surface area contributed by atoms with E-state index in [0.29, 0.717) is 30.7 Å². The zero-order valence-corrected chi connectivity index (χ0v) is 17.4. The van der Waals surface area contributed by atoms with Gasteiger partial charge in [0.1, 0.15) is 19.0 Å². The SMILES string of the molecule is CCCOc1ccc(/C=C/C(=O)Nc2nc(-c3ccc4c(c3)OCCO4)cs2)cc1. The maximum Gasteiger partial charge on any atom is 0.250 e. The molecule has 154 valence electrons. The lowest BCUT2D eigenvalue weighted by atomic mass is 10.1. The molecule has 1 amide bonds. The normalized spacial score (nSPS) is 12.7. The molecule has 2 aromatic carbocycles. The third-order valence-electron chi connectivity index (χ3n) is 4.35. The van der Waals surface area contributed by atoms with Gasteiger partial charge in [0.05, 0.1) is 12.3 Å². The summed E-state index contributed by atoms with van der Waals surface area (Å²) >= 11 is 1.38. The van der Waals surface area contributed by atoms with E-state index < -0.39 is 0 Å². The molecular weight excluding hydrogens is 400 g/mol. The second kappa shape index (κ2) is 9.45. The molecule has 1 N–H and O–H groups in total. The molecule has 1 aliphatic heterocycles. The van der Waals surface area contributed by atoms with Gasteiger partial charge in [0.2, 0.25) is 5.91 Å². The molecule has 3 aromatic rings. The van der Waals surface area contributed by atoms with Crippen molar-refractivity contribution in [3.05, 3.63) is 59.5 Å². The molecular formula is C23H22N2O4S. The first-order chi connectivity index (χ1) is 14.7. The monoisotopic (exact) mass is 422 g/mol. The molecule has 0 bridgehead atoms. The van der Waals surface area contributed by atoms with E-state index in [1.807, 2.05) is 47.8 Å². The number of hydrogen-bond donors (Lipinski definition) is 1. The lowest BCUT2D eigenvalue weighted by Crippen LogP contribution is -2.15. The van der Waals surface area contributed by atoms with Gasteiger partial charge in [0.25, 0.3) is 0 Å².